The maximum atomic E-state index is 12.1. The first-order valence-corrected chi connectivity index (χ1v) is 18.6. The number of unbranched alkanes of at least 4 members (excludes halogenated alkanes) is 20. The topological polar surface area (TPSA) is 157 Å². The molecule has 0 unspecified atom stereocenters. The van der Waals surface area contributed by atoms with E-state index >= 15 is 0 Å². The first-order chi connectivity index (χ1) is 21.8. The third kappa shape index (κ3) is 22.5. The largest absolute Gasteiger partial charge is 0.394 e. The van der Waals surface area contributed by atoms with E-state index in [2.05, 4.69) is 0 Å². The second kappa shape index (κ2) is 28.4. The standard InChI is InChI=1S/C36H70O9/c1-29(38)27-31(40)24-22-20-18-16-14-12-10-8-6-4-2-3-5-7-9-11-13-15-17-19-21-23-30(39)25-26-44-36-35(43)34(42)33(41)32(28-37)45-36/h29,31-38,40-43H,2-28H2,1H3/t29-,31+,32-,33-,34+,35-,36+/m1/s1. The lowest BCUT2D eigenvalue weighted by Crippen LogP contribution is -2.59. The summed E-state index contributed by atoms with van der Waals surface area (Å²) in [6.07, 6.45) is 21.5. The van der Waals surface area contributed by atoms with Crippen LogP contribution in [0, 0.1) is 0 Å². The summed E-state index contributed by atoms with van der Waals surface area (Å²) in [6, 6.07) is 0. The van der Waals surface area contributed by atoms with Crippen LogP contribution in [0.4, 0.5) is 0 Å². The van der Waals surface area contributed by atoms with Gasteiger partial charge < -0.3 is 40.1 Å². The van der Waals surface area contributed by atoms with Gasteiger partial charge in [-0.05, 0) is 26.2 Å². The Labute approximate surface area is 274 Å². The number of aliphatic hydroxyl groups is 6. The molecular formula is C36H70O9. The van der Waals surface area contributed by atoms with Gasteiger partial charge in [0.15, 0.2) is 6.29 Å². The molecular weight excluding hydrogens is 576 g/mol. The van der Waals surface area contributed by atoms with E-state index in [0.717, 1.165) is 32.1 Å². The molecule has 0 aliphatic carbocycles. The van der Waals surface area contributed by atoms with Crippen molar-refractivity contribution in [2.24, 2.45) is 0 Å². The predicted molar refractivity (Wildman–Crippen MR) is 178 cm³/mol. The highest BCUT2D eigenvalue weighted by Crippen LogP contribution is 2.22. The highest BCUT2D eigenvalue weighted by Gasteiger charge is 2.43. The molecule has 0 saturated carbocycles. The highest BCUT2D eigenvalue weighted by atomic mass is 16.7. The molecule has 0 aromatic carbocycles. The monoisotopic (exact) mass is 647 g/mol. The maximum absolute atomic E-state index is 12.1. The summed E-state index contributed by atoms with van der Waals surface area (Å²) in [5, 5.41) is 57.8. The van der Waals surface area contributed by atoms with Crippen molar-refractivity contribution in [3.63, 3.8) is 0 Å². The average Bonchev–Trinajstić information content (AvgIpc) is 3.01. The molecule has 0 bridgehead atoms. The van der Waals surface area contributed by atoms with Crippen LogP contribution in [0.3, 0.4) is 0 Å². The smallest absolute Gasteiger partial charge is 0.186 e. The van der Waals surface area contributed by atoms with Crippen LogP contribution in [-0.4, -0.2) is 92.5 Å². The molecule has 1 aliphatic heterocycles. The fourth-order valence-electron chi connectivity index (χ4n) is 6.19. The summed E-state index contributed by atoms with van der Waals surface area (Å²) in [7, 11) is 0. The number of ketones is 1. The van der Waals surface area contributed by atoms with E-state index in [1.807, 2.05) is 0 Å². The van der Waals surface area contributed by atoms with Crippen LogP contribution in [0.25, 0.3) is 0 Å². The zero-order valence-electron chi connectivity index (χ0n) is 28.5. The van der Waals surface area contributed by atoms with Gasteiger partial charge in [-0.3, -0.25) is 4.79 Å². The molecule has 9 heteroatoms. The number of hydrogen-bond donors (Lipinski definition) is 6. The second-order valence-corrected chi connectivity index (χ2v) is 13.6. The Kier molecular flexibility index (Phi) is 26.7. The van der Waals surface area contributed by atoms with Crippen molar-refractivity contribution in [3.8, 4) is 0 Å². The highest BCUT2D eigenvalue weighted by molar-refractivity contribution is 5.78. The lowest BCUT2D eigenvalue weighted by Gasteiger charge is -2.39. The van der Waals surface area contributed by atoms with Crippen molar-refractivity contribution in [2.45, 2.75) is 210 Å². The second-order valence-electron chi connectivity index (χ2n) is 13.6. The molecule has 0 radical (unpaired) electrons. The molecule has 1 aliphatic rings. The summed E-state index contributed by atoms with van der Waals surface area (Å²) in [6.45, 7) is 1.29. The van der Waals surface area contributed by atoms with Crippen molar-refractivity contribution in [2.75, 3.05) is 13.2 Å². The fourth-order valence-corrected chi connectivity index (χ4v) is 6.19. The van der Waals surface area contributed by atoms with Gasteiger partial charge in [0.05, 0.1) is 25.4 Å². The van der Waals surface area contributed by atoms with E-state index in [1.54, 1.807) is 6.92 Å². The van der Waals surface area contributed by atoms with Gasteiger partial charge in [0.1, 0.15) is 30.2 Å². The first kappa shape index (κ1) is 42.4. The molecule has 0 spiro atoms. The van der Waals surface area contributed by atoms with Crippen molar-refractivity contribution < 1.29 is 44.9 Å². The van der Waals surface area contributed by atoms with Gasteiger partial charge >= 0.3 is 0 Å². The molecule has 9 nitrogen and oxygen atoms in total. The Morgan fingerprint density at radius 2 is 1.04 bits per heavy atom. The summed E-state index contributed by atoms with van der Waals surface area (Å²) < 4.78 is 10.7. The van der Waals surface area contributed by atoms with E-state index in [-0.39, 0.29) is 24.9 Å². The lowest BCUT2D eigenvalue weighted by molar-refractivity contribution is -0.300. The van der Waals surface area contributed by atoms with E-state index in [9.17, 15) is 35.4 Å². The minimum Gasteiger partial charge on any atom is -0.394 e. The Morgan fingerprint density at radius 3 is 1.47 bits per heavy atom. The van der Waals surface area contributed by atoms with Crippen LogP contribution in [0.1, 0.15) is 167 Å². The zero-order chi connectivity index (χ0) is 33.1. The van der Waals surface area contributed by atoms with Crippen LogP contribution in [0.15, 0.2) is 0 Å². The van der Waals surface area contributed by atoms with Crippen LogP contribution in [0.2, 0.25) is 0 Å². The van der Waals surface area contributed by atoms with Gasteiger partial charge in [0, 0.05) is 12.8 Å². The predicted octanol–water partition coefficient (Wildman–Crippen LogP) is 5.87. The van der Waals surface area contributed by atoms with Crippen molar-refractivity contribution in [1.29, 1.82) is 0 Å². The average molecular weight is 647 g/mol. The molecule has 1 rings (SSSR count). The number of aliphatic hydroxyl groups excluding tert-OH is 6. The van der Waals surface area contributed by atoms with Crippen LogP contribution < -0.4 is 0 Å². The molecule has 0 amide bonds. The maximum Gasteiger partial charge on any atom is 0.186 e. The van der Waals surface area contributed by atoms with Gasteiger partial charge in [0.25, 0.3) is 0 Å². The molecule has 268 valence electrons. The molecule has 0 aromatic heterocycles. The third-order valence-corrected chi connectivity index (χ3v) is 9.12. The van der Waals surface area contributed by atoms with Crippen LogP contribution >= 0.6 is 0 Å². The van der Waals surface area contributed by atoms with E-state index < -0.39 is 43.4 Å². The molecule has 0 aromatic rings. The Bertz CT molecular complexity index is 675. The Hall–Kier alpha value is -0.650. The van der Waals surface area contributed by atoms with E-state index in [4.69, 9.17) is 9.47 Å². The summed E-state index contributed by atoms with van der Waals surface area (Å²) >= 11 is 0. The van der Waals surface area contributed by atoms with Crippen molar-refractivity contribution in [1.82, 2.24) is 0 Å². The van der Waals surface area contributed by atoms with Gasteiger partial charge in [-0.15, -0.1) is 0 Å². The van der Waals surface area contributed by atoms with Gasteiger partial charge in [0.2, 0.25) is 0 Å². The number of carbonyl (C=O) groups excluding carboxylic acids is 1. The van der Waals surface area contributed by atoms with Gasteiger partial charge in [-0.2, -0.15) is 0 Å². The summed E-state index contributed by atoms with van der Waals surface area (Å²) in [4.78, 5) is 12.1. The zero-order valence-corrected chi connectivity index (χ0v) is 28.5. The van der Waals surface area contributed by atoms with Crippen LogP contribution in [0.5, 0.6) is 0 Å². The number of carbonyl (C=O) groups is 1. The lowest BCUT2D eigenvalue weighted by atomic mass is 9.99. The third-order valence-electron chi connectivity index (χ3n) is 9.12. The Balaban J connectivity index is 1.77. The fraction of sp³-hybridized carbons (Fsp3) is 0.972. The molecule has 45 heavy (non-hydrogen) atoms. The Morgan fingerprint density at radius 1 is 0.622 bits per heavy atom. The van der Waals surface area contributed by atoms with Crippen molar-refractivity contribution >= 4 is 5.78 Å². The van der Waals surface area contributed by atoms with Gasteiger partial charge in [-0.1, -0.05) is 128 Å². The van der Waals surface area contributed by atoms with Crippen LogP contribution in [-0.2, 0) is 14.3 Å². The number of ether oxygens (including phenoxy) is 2. The first-order valence-electron chi connectivity index (χ1n) is 18.6. The molecule has 1 fully saturated rings. The minimum absolute atomic E-state index is 0.0601. The summed E-state index contributed by atoms with van der Waals surface area (Å²) in [5.41, 5.74) is 0. The molecule has 6 N–H and O–H groups in total. The molecule has 1 saturated heterocycles. The van der Waals surface area contributed by atoms with Gasteiger partial charge in [-0.25, -0.2) is 0 Å². The quantitative estimate of drug-likeness (QED) is 0.0507. The van der Waals surface area contributed by atoms with E-state index in [1.165, 1.54) is 109 Å². The summed E-state index contributed by atoms with van der Waals surface area (Å²) in [5.74, 6) is 0.0984. The molecule has 1 heterocycles. The number of hydrogen-bond acceptors (Lipinski definition) is 9. The molecule has 7 atom stereocenters. The normalized spacial score (nSPS) is 23.3. The van der Waals surface area contributed by atoms with Crippen molar-refractivity contribution in [3.05, 3.63) is 0 Å². The number of Topliss-reactive ketones (excluding diaryl/α,β-unsaturated/α-hetero) is 1. The number of rotatable bonds is 31. The van der Waals surface area contributed by atoms with E-state index in [0.29, 0.717) is 12.8 Å². The minimum atomic E-state index is -1.47. The SMILES string of the molecule is C[C@@H](O)C[C@@H](O)CCCCCCCCCCCCCCCCCCCCCCCC(=O)CCO[C@H]1O[C@H](CO)[C@@H](O)[C@H](O)[C@H]1O.